The quantitative estimate of drug-likeness (QED) is 0.548. The molecule has 1 unspecified atom stereocenters. The summed E-state index contributed by atoms with van der Waals surface area (Å²) in [5, 5.41) is 4.34. The molecule has 1 saturated heterocycles. The monoisotopic (exact) mass is 402 g/mol. The molecule has 1 aliphatic rings. The van der Waals surface area contributed by atoms with Crippen molar-refractivity contribution in [2.45, 2.75) is 19.4 Å². The normalized spacial score (nSPS) is 17.0. The molecule has 0 saturated carbocycles. The van der Waals surface area contributed by atoms with Gasteiger partial charge in [0.05, 0.1) is 17.4 Å². The average Bonchev–Trinajstić information content (AvgIpc) is 3.36. The van der Waals surface area contributed by atoms with E-state index in [1.807, 2.05) is 18.5 Å². The molecule has 5 rings (SSSR count). The number of aromatic amines is 1. The highest BCUT2D eigenvalue weighted by atomic mass is 16.2. The Hall–Kier alpha value is -3.52. The smallest absolute Gasteiger partial charge is 0.299 e. The molecule has 4 aromatic heterocycles. The minimum absolute atomic E-state index is 0.412. The second-order valence-corrected chi connectivity index (χ2v) is 7.83. The number of hydrogen-bond donors (Lipinski definition) is 1. The molecular weight excluding hydrogens is 380 g/mol. The largest absolute Gasteiger partial charge is 0.333 e. The summed E-state index contributed by atoms with van der Waals surface area (Å²) in [4.78, 5) is 32.5. The Kier molecular flexibility index (Phi) is 4.76. The number of nitrogens with one attached hydrogen (secondary N) is 1. The highest BCUT2D eigenvalue weighted by Gasteiger charge is 2.23. The molecule has 0 spiro atoms. The lowest BCUT2D eigenvalue weighted by Crippen LogP contribution is -2.27. The fraction of sp³-hybridized carbons (Fsp3) is 0.273. The number of likely N-dealkylation sites (tertiary alicyclic amines) is 1. The molecule has 1 atom stereocenters. The first-order valence-electron chi connectivity index (χ1n) is 10.1. The maximum Gasteiger partial charge on any atom is 0.333 e. The summed E-state index contributed by atoms with van der Waals surface area (Å²) in [6, 6.07) is 9.61. The van der Waals surface area contributed by atoms with Crippen molar-refractivity contribution in [3.8, 4) is 5.69 Å². The number of nitrogens with zero attached hydrogens (tertiary/aromatic N) is 5. The SMILES string of the molecule is O=c1ccn(-c2cnn3ccc(CC4CCN(Cc5cccnc5)C4)cc23)c(=O)[nH]1. The highest BCUT2D eigenvalue weighted by molar-refractivity contribution is 5.64. The first kappa shape index (κ1) is 18.5. The topological polar surface area (TPSA) is 88.3 Å². The maximum absolute atomic E-state index is 12.2. The van der Waals surface area contributed by atoms with Gasteiger partial charge in [-0.2, -0.15) is 5.10 Å². The van der Waals surface area contributed by atoms with Crippen LogP contribution in [0.3, 0.4) is 0 Å². The van der Waals surface area contributed by atoms with E-state index in [1.165, 1.54) is 28.0 Å². The molecule has 0 bridgehead atoms. The van der Waals surface area contributed by atoms with Crippen molar-refractivity contribution in [3.05, 3.63) is 93.3 Å². The molecule has 1 aliphatic heterocycles. The molecule has 1 fully saturated rings. The summed E-state index contributed by atoms with van der Waals surface area (Å²) in [6.45, 7) is 3.09. The van der Waals surface area contributed by atoms with Crippen molar-refractivity contribution in [2.24, 2.45) is 5.92 Å². The molecule has 8 heteroatoms. The first-order chi connectivity index (χ1) is 14.7. The van der Waals surface area contributed by atoms with Gasteiger partial charge in [0.1, 0.15) is 0 Å². The number of hydrogen-bond acceptors (Lipinski definition) is 5. The molecule has 8 nitrogen and oxygen atoms in total. The highest BCUT2D eigenvalue weighted by Crippen LogP contribution is 2.24. The van der Waals surface area contributed by atoms with Crippen LogP contribution in [0, 0.1) is 5.92 Å². The zero-order valence-corrected chi connectivity index (χ0v) is 16.4. The Morgan fingerprint density at radius 1 is 1.10 bits per heavy atom. The lowest BCUT2D eigenvalue weighted by Gasteiger charge is -2.16. The van der Waals surface area contributed by atoms with Gasteiger partial charge in [0, 0.05) is 43.9 Å². The molecule has 1 N–H and O–H groups in total. The van der Waals surface area contributed by atoms with Crippen LogP contribution in [-0.4, -0.2) is 42.1 Å². The van der Waals surface area contributed by atoms with Gasteiger partial charge in [-0.05, 0) is 54.6 Å². The van der Waals surface area contributed by atoms with Crippen LogP contribution in [0.15, 0.2) is 70.9 Å². The van der Waals surface area contributed by atoms with Crippen molar-refractivity contribution >= 4 is 5.52 Å². The molecule has 0 aliphatic carbocycles. The fourth-order valence-electron chi connectivity index (χ4n) is 4.24. The summed E-state index contributed by atoms with van der Waals surface area (Å²) in [5.74, 6) is 0.589. The van der Waals surface area contributed by atoms with E-state index >= 15 is 0 Å². The van der Waals surface area contributed by atoms with E-state index in [-0.39, 0.29) is 0 Å². The van der Waals surface area contributed by atoms with Crippen LogP contribution >= 0.6 is 0 Å². The molecule has 0 radical (unpaired) electrons. The lowest BCUT2D eigenvalue weighted by molar-refractivity contribution is 0.316. The van der Waals surface area contributed by atoms with E-state index in [1.54, 1.807) is 16.9 Å². The van der Waals surface area contributed by atoms with E-state index in [0.29, 0.717) is 11.6 Å². The number of H-pyrrole nitrogens is 1. The lowest BCUT2D eigenvalue weighted by atomic mass is 9.99. The molecule has 0 amide bonds. The summed E-state index contributed by atoms with van der Waals surface area (Å²) < 4.78 is 3.17. The predicted octanol–water partition coefficient (Wildman–Crippen LogP) is 1.63. The van der Waals surface area contributed by atoms with E-state index in [4.69, 9.17) is 0 Å². The zero-order valence-electron chi connectivity index (χ0n) is 16.4. The fourth-order valence-corrected chi connectivity index (χ4v) is 4.24. The molecule has 4 aromatic rings. The zero-order chi connectivity index (χ0) is 20.5. The average molecular weight is 402 g/mol. The number of pyridine rings is 2. The predicted molar refractivity (Wildman–Crippen MR) is 113 cm³/mol. The third kappa shape index (κ3) is 3.69. The van der Waals surface area contributed by atoms with Crippen molar-refractivity contribution < 1.29 is 0 Å². The molecule has 5 heterocycles. The Bertz CT molecular complexity index is 1290. The second-order valence-electron chi connectivity index (χ2n) is 7.83. The van der Waals surface area contributed by atoms with Gasteiger partial charge in [-0.3, -0.25) is 24.2 Å². The van der Waals surface area contributed by atoms with E-state index in [2.05, 4.69) is 38.2 Å². The number of rotatable bonds is 5. The van der Waals surface area contributed by atoms with Gasteiger partial charge in [-0.25, -0.2) is 9.31 Å². The Balaban J connectivity index is 1.34. The van der Waals surface area contributed by atoms with Crippen molar-refractivity contribution in [2.75, 3.05) is 13.1 Å². The molecule has 30 heavy (non-hydrogen) atoms. The molecule has 0 aromatic carbocycles. The van der Waals surface area contributed by atoms with Crippen LogP contribution in [0.5, 0.6) is 0 Å². The standard InChI is InChI=1S/C22H22N6O2/c29-21-5-8-27(22(30)25-21)20-13-24-28-9-4-16(11-19(20)28)10-17-3-7-26(14-17)15-18-2-1-6-23-12-18/h1-2,4-6,8-9,11-13,17H,3,7,10,14-15H2,(H,25,29,30). The second kappa shape index (κ2) is 7.72. The van der Waals surface area contributed by atoms with Gasteiger partial charge in [0.15, 0.2) is 0 Å². The van der Waals surface area contributed by atoms with E-state index in [9.17, 15) is 9.59 Å². The van der Waals surface area contributed by atoms with Crippen molar-refractivity contribution in [3.63, 3.8) is 0 Å². The van der Waals surface area contributed by atoms with Crippen LogP contribution < -0.4 is 11.2 Å². The van der Waals surface area contributed by atoms with Crippen molar-refractivity contribution in [1.29, 1.82) is 0 Å². The van der Waals surface area contributed by atoms with Gasteiger partial charge in [0.2, 0.25) is 0 Å². The van der Waals surface area contributed by atoms with Crippen LogP contribution in [0.4, 0.5) is 0 Å². The molecule has 152 valence electrons. The summed E-state index contributed by atoms with van der Waals surface area (Å²) in [5.41, 5.74) is 3.08. The Morgan fingerprint density at radius 2 is 2.03 bits per heavy atom. The van der Waals surface area contributed by atoms with Gasteiger partial charge in [0.25, 0.3) is 5.56 Å². The summed E-state index contributed by atoms with van der Waals surface area (Å²) >= 11 is 0. The molecular formula is C22H22N6O2. The van der Waals surface area contributed by atoms with Gasteiger partial charge in [-0.1, -0.05) is 6.07 Å². The summed E-state index contributed by atoms with van der Waals surface area (Å²) in [6.07, 6.45) is 10.9. The maximum atomic E-state index is 12.2. The minimum atomic E-state index is -0.468. The van der Waals surface area contributed by atoms with Crippen LogP contribution in [-0.2, 0) is 13.0 Å². The van der Waals surface area contributed by atoms with Crippen LogP contribution in [0.2, 0.25) is 0 Å². The Morgan fingerprint density at radius 3 is 2.87 bits per heavy atom. The third-order valence-corrected chi connectivity index (χ3v) is 5.67. The van der Waals surface area contributed by atoms with Gasteiger partial charge in [-0.15, -0.1) is 0 Å². The van der Waals surface area contributed by atoms with Crippen LogP contribution in [0.1, 0.15) is 17.5 Å². The van der Waals surface area contributed by atoms with E-state index in [0.717, 1.165) is 38.0 Å². The Labute approximate surface area is 172 Å². The minimum Gasteiger partial charge on any atom is -0.299 e. The third-order valence-electron chi connectivity index (χ3n) is 5.67. The van der Waals surface area contributed by atoms with E-state index < -0.39 is 11.2 Å². The number of fused-ring (bicyclic) bond motifs is 1. The number of aromatic nitrogens is 5. The summed E-state index contributed by atoms with van der Waals surface area (Å²) in [7, 11) is 0. The van der Waals surface area contributed by atoms with Gasteiger partial charge >= 0.3 is 5.69 Å². The van der Waals surface area contributed by atoms with Crippen molar-refractivity contribution in [1.82, 2.24) is 29.0 Å². The van der Waals surface area contributed by atoms with Gasteiger partial charge < -0.3 is 0 Å². The van der Waals surface area contributed by atoms with Crippen LogP contribution in [0.25, 0.3) is 11.2 Å². The first-order valence-corrected chi connectivity index (χ1v) is 10.1.